The van der Waals surface area contributed by atoms with E-state index in [1.165, 1.54) is 16.2 Å². The number of carbonyl (C=O) groups is 4. The van der Waals surface area contributed by atoms with Crippen LogP contribution in [0.1, 0.15) is 49.4 Å². The van der Waals surface area contributed by atoms with E-state index in [2.05, 4.69) is 5.32 Å². The normalized spacial score (nSPS) is 19.9. The van der Waals surface area contributed by atoms with Gasteiger partial charge in [0.25, 0.3) is 5.91 Å². The first-order valence-corrected chi connectivity index (χ1v) is 12.4. The highest BCUT2D eigenvalue weighted by molar-refractivity contribution is 7.12. The molecule has 3 atom stereocenters. The number of rotatable bonds is 7. The largest absolute Gasteiger partial charge is 0.427 e. The van der Waals surface area contributed by atoms with Gasteiger partial charge in [-0.25, -0.2) is 4.79 Å². The summed E-state index contributed by atoms with van der Waals surface area (Å²) in [6.07, 6.45) is -0.546. The molecule has 0 bridgehead atoms. The summed E-state index contributed by atoms with van der Waals surface area (Å²) in [5.41, 5.74) is 0.995. The van der Waals surface area contributed by atoms with Crippen molar-refractivity contribution in [1.82, 2.24) is 4.90 Å². The number of aliphatic hydroxyl groups excluding tert-OH is 1. The van der Waals surface area contributed by atoms with Gasteiger partial charge >= 0.3 is 11.9 Å². The Morgan fingerprint density at radius 2 is 1.94 bits per heavy atom. The Morgan fingerprint density at radius 3 is 2.58 bits per heavy atom. The highest BCUT2D eigenvalue weighted by Gasteiger charge is 2.57. The third kappa shape index (κ3) is 4.91. The second kappa shape index (κ2) is 9.87. The zero-order valence-electron chi connectivity index (χ0n) is 20.4. The van der Waals surface area contributed by atoms with Crippen molar-refractivity contribution in [3.8, 4) is 0 Å². The van der Waals surface area contributed by atoms with Gasteiger partial charge in [-0.3, -0.25) is 14.4 Å². The number of carbonyl (C=O) groups excluding carboxylic acids is 4. The minimum atomic E-state index is -0.875. The molecule has 9 nitrogen and oxygen atoms in total. The molecule has 0 aliphatic carbocycles. The van der Waals surface area contributed by atoms with Crippen molar-refractivity contribution in [3.63, 3.8) is 0 Å². The highest BCUT2D eigenvalue weighted by Crippen LogP contribution is 2.47. The van der Waals surface area contributed by atoms with Crippen molar-refractivity contribution in [2.75, 3.05) is 12.1 Å². The van der Waals surface area contributed by atoms with E-state index in [0.29, 0.717) is 28.1 Å². The van der Waals surface area contributed by atoms with E-state index >= 15 is 0 Å². The first-order valence-electron chi connectivity index (χ1n) is 11.5. The standard InChI is InChI=1S/C26H28N2O7S/c1-14(29)20-18-12-17(15-7-5-8-16(11-15)27-22(30)19-9-6-10-36-19)21(28(18)23(20)31)24(32)34-13-35-25(33)26(2,3)4/h5-11,14,18,20,29H,12-13H2,1-4H3,(H,27,30)/t14-,18-,20-/m1/s1. The van der Waals surface area contributed by atoms with Crippen LogP contribution < -0.4 is 5.32 Å². The minimum absolute atomic E-state index is 0.0513. The molecule has 0 radical (unpaired) electrons. The molecule has 1 saturated heterocycles. The van der Waals surface area contributed by atoms with Crippen LogP contribution in [0, 0.1) is 11.3 Å². The lowest BCUT2D eigenvalue weighted by Crippen LogP contribution is -2.61. The van der Waals surface area contributed by atoms with E-state index in [1.54, 1.807) is 64.1 Å². The Labute approximate surface area is 212 Å². The molecule has 2 aliphatic rings. The van der Waals surface area contributed by atoms with Gasteiger partial charge < -0.3 is 24.8 Å². The average molecular weight is 513 g/mol. The molecule has 1 aromatic heterocycles. The zero-order chi connectivity index (χ0) is 26.2. The van der Waals surface area contributed by atoms with Gasteiger partial charge in [-0.2, -0.15) is 0 Å². The Balaban J connectivity index is 1.59. The van der Waals surface area contributed by atoms with Crippen molar-refractivity contribution in [2.24, 2.45) is 11.3 Å². The quantitative estimate of drug-likeness (QED) is 0.331. The number of anilines is 1. The molecule has 2 aromatic rings. The molecule has 0 saturated carbocycles. The van der Waals surface area contributed by atoms with Gasteiger partial charge in [-0.15, -0.1) is 11.3 Å². The van der Waals surface area contributed by atoms with E-state index in [4.69, 9.17) is 9.47 Å². The second-order valence-electron chi connectivity index (χ2n) is 9.82. The van der Waals surface area contributed by atoms with Crippen LogP contribution in [0.5, 0.6) is 0 Å². The Kier molecular flexibility index (Phi) is 7.01. The van der Waals surface area contributed by atoms with Gasteiger partial charge in [-0.1, -0.05) is 18.2 Å². The molecule has 1 aromatic carbocycles. The molecule has 10 heteroatoms. The van der Waals surface area contributed by atoms with Gasteiger partial charge in [-0.05, 0) is 68.8 Å². The van der Waals surface area contributed by atoms with Crippen molar-refractivity contribution < 1.29 is 33.8 Å². The van der Waals surface area contributed by atoms with Gasteiger partial charge in [0, 0.05) is 5.69 Å². The Hall–Kier alpha value is -3.50. The Bertz CT molecular complexity index is 1230. The molecule has 3 heterocycles. The van der Waals surface area contributed by atoms with E-state index in [9.17, 15) is 24.3 Å². The van der Waals surface area contributed by atoms with Crippen molar-refractivity contribution in [1.29, 1.82) is 0 Å². The SMILES string of the molecule is C[C@@H](O)[C@H]1C(=O)N2C(C(=O)OCOC(=O)C(C)(C)C)=C(c3cccc(NC(=O)c4cccs4)c3)C[C@H]12. The summed E-state index contributed by atoms with van der Waals surface area (Å²) < 4.78 is 10.3. The van der Waals surface area contributed by atoms with E-state index < -0.39 is 42.2 Å². The van der Waals surface area contributed by atoms with Gasteiger partial charge in [0.1, 0.15) is 5.70 Å². The number of hydrogen-bond donors (Lipinski definition) is 2. The summed E-state index contributed by atoms with van der Waals surface area (Å²) in [7, 11) is 0. The fourth-order valence-electron chi connectivity index (χ4n) is 4.32. The highest BCUT2D eigenvalue weighted by atomic mass is 32.1. The van der Waals surface area contributed by atoms with Crippen LogP contribution in [0.25, 0.3) is 5.57 Å². The first-order chi connectivity index (χ1) is 17.0. The maximum atomic E-state index is 13.1. The van der Waals surface area contributed by atoms with E-state index in [1.807, 2.05) is 5.38 Å². The predicted octanol–water partition coefficient (Wildman–Crippen LogP) is 3.41. The molecule has 0 unspecified atom stereocenters. The monoisotopic (exact) mass is 512 g/mol. The molecule has 1 fully saturated rings. The van der Waals surface area contributed by atoms with Crippen LogP contribution in [0.15, 0.2) is 47.5 Å². The number of ether oxygens (including phenoxy) is 2. The van der Waals surface area contributed by atoms with Crippen LogP contribution in [-0.2, 0) is 23.9 Å². The fraction of sp³-hybridized carbons (Fsp3) is 0.385. The first kappa shape index (κ1) is 25.6. The third-order valence-electron chi connectivity index (χ3n) is 6.13. The van der Waals surface area contributed by atoms with Crippen LogP contribution in [0.3, 0.4) is 0 Å². The lowest BCUT2D eigenvalue weighted by Gasteiger charge is -2.44. The maximum absolute atomic E-state index is 13.1. The molecule has 4 rings (SSSR count). The number of thiophene rings is 1. The number of amides is 2. The van der Waals surface area contributed by atoms with Crippen molar-refractivity contribution in [3.05, 3.63) is 57.9 Å². The van der Waals surface area contributed by atoms with E-state index in [0.717, 1.165) is 0 Å². The summed E-state index contributed by atoms with van der Waals surface area (Å²) in [6.45, 7) is 5.99. The van der Waals surface area contributed by atoms with Gasteiger partial charge in [0.15, 0.2) is 0 Å². The number of esters is 2. The van der Waals surface area contributed by atoms with Crippen LogP contribution in [0.4, 0.5) is 5.69 Å². The molecule has 36 heavy (non-hydrogen) atoms. The van der Waals surface area contributed by atoms with Crippen molar-refractivity contribution in [2.45, 2.75) is 46.3 Å². The molecule has 2 aliphatic heterocycles. The summed E-state index contributed by atoms with van der Waals surface area (Å²) >= 11 is 1.32. The summed E-state index contributed by atoms with van der Waals surface area (Å²) in [5, 5.41) is 14.7. The smallest absolute Gasteiger partial charge is 0.358 e. The molecule has 2 N–H and O–H groups in total. The number of hydrogen-bond acceptors (Lipinski definition) is 8. The molecular formula is C26H28N2O7S. The maximum Gasteiger partial charge on any atom is 0.358 e. The number of nitrogens with zero attached hydrogens (tertiary/aromatic N) is 1. The number of β-lactam (4-membered cyclic amide) rings is 1. The molecule has 190 valence electrons. The van der Waals surface area contributed by atoms with Crippen LogP contribution >= 0.6 is 11.3 Å². The molecule has 2 amide bonds. The number of aliphatic hydroxyl groups is 1. The predicted molar refractivity (Wildman–Crippen MR) is 133 cm³/mol. The van der Waals surface area contributed by atoms with E-state index in [-0.39, 0.29) is 17.5 Å². The number of fused-ring (bicyclic) bond motifs is 1. The van der Waals surface area contributed by atoms with Crippen molar-refractivity contribution >= 4 is 46.4 Å². The summed E-state index contributed by atoms with van der Waals surface area (Å²) in [6, 6.07) is 10.1. The molecule has 0 spiro atoms. The fourth-order valence-corrected chi connectivity index (χ4v) is 4.94. The lowest BCUT2D eigenvalue weighted by atomic mass is 9.82. The van der Waals surface area contributed by atoms with Gasteiger partial charge in [0.05, 0.1) is 28.4 Å². The summed E-state index contributed by atoms with van der Waals surface area (Å²) in [4.78, 5) is 52.3. The second-order valence-corrected chi connectivity index (χ2v) is 10.8. The number of nitrogens with one attached hydrogen (secondary N) is 1. The zero-order valence-corrected chi connectivity index (χ0v) is 21.3. The minimum Gasteiger partial charge on any atom is -0.427 e. The topological polar surface area (TPSA) is 122 Å². The number of benzene rings is 1. The van der Waals surface area contributed by atoms with Crippen LogP contribution in [0.2, 0.25) is 0 Å². The molecular weight excluding hydrogens is 484 g/mol. The van der Waals surface area contributed by atoms with Crippen LogP contribution in [-0.4, -0.2) is 52.7 Å². The van der Waals surface area contributed by atoms with Gasteiger partial charge in [0.2, 0.25) is 12.7 Å². The summed E-state index contributed by atoms with van der Waals surface area (Å²) in [5.74, 6) is -2.59. The lowest BCUT2D eigenvalue weighted by molar-refractivity contribution is -0.175. The average Bonchev–Trinajstić information content (AvgIpc) is 3.45. The Morgan fingerprint density at radius 1 is 1.19 bits per heavy atom. The third-order valence-corrected chi connectivity index (χ3v) is 7.00.